The van der Waals surface area contributed by atoms with Gasteiger partial charge in [-0.05, 0) is 60.7 Å². The van der Waals surface area contributed by atoms with Gasteiger partial charge in [-0.1, -0.05) is 23.7 Å². The van der Waals surface area contributed by atoms with Crippen LogP contribution in [-0.2, 0) is 9.84 Å². The molecule has 1 heterocycles. The van der Waals surface area contributed by atoms with Crippen molar-refractivity contribution in [2.75, 3.05) is 6.26 Å². The second-order valence-electron chi connectivity index (χ2n) is 6.62. The highest BCUT2D eigenvalue weighted by molar-refractivity contribution is 7.90. The minimum absolute atomic E-state index is 0.240. The minimum atomic E-state index is -3.28. The molecule has 0 unspecified atom stereocenters. The van der Waals surface area contributed by atoms with Crippen LogP contribution in [0.5, 0.6) is 0 Å². The summed E-state index contributed by atoms with van der Waals surface area (Å²) in [6.45, 7) is 0. The van der Waals surface area contributed by atoms with Crippen LogP contribution in [0.15, 0.2) is 77.7 Å². The molecule has 146 valence electrons. The van der Waals surface area contributed by atoms with E-state index >= 15 is 0 Å². The summed E-state index contributed by atoms with van der Waals surface area (Å²) in [4.78, 5) is 8.26. The maximum absolute atomic E-state index is 13.4. The maximum atomic E-state index is 13.4. The molecule has 7 heteroatoms. The molecule has 0 atom stereocenters. The first-order chi connectivity index (χ1) is 13.8. The number of hydrogen-bond acceptors (Lipinski definition) is 3. The number of nitrogens with zero attached hydrogens (tertiary/aromatic N) is 1. The number of hydrogen-bond donors (Lipinski definition) is 1. The third kappa shape index (κ3) is 4.09. The number of aromatic amines is 1. The summed E-state index contributed by atoms with van der Waals surface area (Å²) in [6.07, 6.45) is 1.17. The lowest BCUT2D eigenvalue weighted by molar-refractivity contribution is 0.602. The van der Waals surface area contributed by atoms with Gasteiger partial charge >= 0.3 is 0 Å². The van der Waals surface area contributed by atoms with E-state index in [9.17, 15) is 12.8 Å². The van der Waals surface area contributed by atoms with Crippen LogP contribution in [0.1, 0.15) is 0 Å². The topological polar surface area (TPSA) is 62.8 Å². The summed E-state index contributed by atoms with van der Waals surface area (Å²) >= 11 is 6.01. The van der Waals surface area contributed by atoms with Crippen LogP contribution >= 0.6 is 11.6 Å². The van der Waals surface area contributed by atoms with Crippen LogP contribution in [0.25, 0.3) is 33.9 Å². The number of imidazole rings is 1. The molecule has 0 aliphatic heterocycles. The van der Waals surface area contributed by atoms with Crippen molar-refractivity contribution >= 4 is 21.4 Å². The number of sulfone groups is 1. The molecule has 0 spiro atoms. The lowest BCUT2D eigenvalue weighted by atomic mass is 10.1. The maximum Gasteiger partial charge on any atom is 0.175 e. The van der Waals surface area contributed by atoms with Crippen LogP contribution in [0.2, 0.25) is 5.02 Å². The van der Waals surface area contributed by atoms with Crippen molar-refractivity contribution in [3.05, 3.63) is 83.6 Å². The smallest absolute Gasteiger partial charge is 0.175 e. The van der Waals surface area contributed by atoms with Gasteiger partial charge in [0.25, 0.3) is 0 Å². The highest BCUT2D eigenvalue weighted by atomic mass is 35.5. The van der Waals surface area contributed by atoms with E-state index in [1.165, 1.54) is 18.4 Å². The van der Waals surface area contributed by atoms with Gasteiger partial charge in [0.05, 0.1) is 16.3 Å². The molecule has 1 N–H and O–H groups in total. The van der Waals surface area contributed by atoms with Crippen LogP contribution in [0.3, 0.4) is 0 Å². The van der Waals surface area contributed by atoms with Crippen molar-refractivity contribution in [1.82, 2.24) is 9.97 Å². The minimum Gasteiger partial charge on any atom is -0.337 e. The number of H-pyrrole nitrogens is 1. The van der Waals surface area contributed by atoms with Crippen molar-refractivity contribution in [2.24, 2.45) is 0 Å². The molecule has 4 nitrogen and oxygen atoms in total. The lowest BCUT2D eigenvalue weighted by Crippen LogP contribution is -1.96. The first-order valence-corrected chi connectivity index (χ1v) is 11.0. The molecular formula is C22H16ClFN2O2S. The Bertz CT molecular complexity index is 1200. The molecule has 0 bridgehead atoms. The van der Waals surface area contributed by atoms with Crippen molar-refractivity contribution in [3.63, 3.8) is 0 Å². The third-order valence-electron chi connectivity index (χ3n) is 4.51. The Kier molecular flexibility index (Phi) is 4.98. The van der Waals surface area contributed by atoms with E-state index in [1.807, 2.05) is 12.1 Å². The standard InChI is InChI=1S/C22H16ClFN2O2S/c1-29(27,28)19-12-6-16(7-13-19)22-25-20(14-2-8-17(23)9-3-14)21(26-22)15-4-10-18(24)11-5-15/h2-13H,1H3,(H,25,26). The number of rotatable bonds is 4. The first kappa shape index (κ1) is 19.4. The Morgan fingerprint density at radius 2 is 1.38 bits per heavy atom. The fourth-order valence-electron chi connectivity index (χ4n) is 3.01. The summed E-state index contributed by atoms with van der Waals surface area (Å²) in [5.41, 5.74) is 3.79. The Balaban J connectivity index is 1.85. The van der Waals surface area contributed by atoms with E-state index in [1.54, 1.807) is 48.5 Å². The second kappa shape index (κ2) is 7.46. The van der Waals surface area contributed by atoms with Gasteiger partial charge in [0.1, 0.15) is 11.6 Å². The average molecular weight is 427 g/mol. The number of benzene rings is 3. The lowest BCUT2D eigenvalue weighted by Gasteiger charge is -2.03. The fraction of sp³-hybridized carbons (Fsp3) is 0.0455. The molecule has 0 aliphatic carbocycles. The largest absolute Gasteiger partial charge is 0.337 e. The van der Waals surface area contributed by atoms with Crippen molar-refractivity contribution in [1.29, 1.82) is 0 Å². The van der Waals surface area contributed by atoms with E-state index in [-0.39, 0.29) is 10.7 Å². The fourth-order valence-corrected chi connectivity index (χ4v) is 3.77. The summed E-state index contributed by atoms with van der Waals surface area (Å²) in [5.74, 6) is 0.257. The van der Waals surface area contributed by atoms with Gasteiger partial charge < -0.3 is 4.98 Å². The van der Waals surface area contributed by atoms with Gasteiger partial charge in [0.2, 0.25) is 0 Å². The average Bonchev–Trinajstić information content (AvgIpc) is 3.14. The van der Waals surface area contributed by atoms with Gasteiger partial charge in [0.15, 0.2) is 9.84 Å². The molecule has 3 aromatic carbocycles. The first-order valence-electron chi connectivity index (χ1n) is 8.73. The predicted molar refractivity (Wildman–Crippen MR) is 113 cm³/mol. The summed E-state index contributed by atoms with van der Waals surface area (Å²) in [7, 11) is -3.28. The van der Waals surface area contributed by atoms with Gasteiger partial charge in [-0.15, -0.1) is 0 Å². The van der Waals surface area contributed by atoms with Crippen LogP contribution in [0.4, 0.5) is 4.39 Å². The molecule has 0 amide bonds. The zero-order valence-electron chi connectivity index (χ0n) is 15.4. The molecular weight excluding hydrogens is 411 g/mol. The van der Waals surface area contributed by atoms with Crippen LogP contribution in [0, 0.1) is 5.82 Å². The normalized spacial score (nSPS) is 11.6. The quantitative estimate of drug-likeness (QED) is 0.461. The van der Waals surface area contributed by atoms with E-state index in [4.69, 9.17) is 16.6 Å². The Morgan fingerprint density at radius 1 is 0.828 bits per heavy atom. The van der Waals surface area contributed by atoms with Gasteiger partial charge in [-0.3, -0.25) is 0 Å². The van der Waals surface area contributed by atoms with Crippen molar-refractivity contribution < 1.29 is 12.8 Å². The molecule has 0 saturated carbocycles. The van der Waals surface area contributed by atoms with Gasteiger partial charge in [-0.2, -0.15) is 0 Å². The van der Waals surface area contributed by atoms with Crippen molar-refractivity contribution in [2.45, 2.75) is 4.90 Å². The Hall–Kier alpha value is -2.96. The zero-order chi connectivity index (χ0) is 20.6. The van der Waals surface area contributed by atoms with Crippen LogP contribution < -0.4 is 0 Å². The van der Waals surface area contributed by atoms with Gasteiger partial charge in [0, 0.05) is 28.0 Å². The number of nitrogens with one attached hydrogen (secondary N) is 1. The molecule has 29 heavy (non-hydrogen) atoms. The summed E-state index contributed by atoms with van der Waals surface area (Å²) in [6, 6.07) is 19.9. The third-order valence-corrected chi connectivity index (χ3v) is 5.89. The summed E-state index contributed by atoms with van der Waals surface area (Å²) in [5, 5.41) is 0.615. The van der Waals surface area contributed by atoms with E-state index in [0.717, 1.165) is 22.4 Å². The predicted octanol–water partition coefficient (Wildman–Crippen LogP) is 5.61. The molecule has 0 radical (unpaired) electrons. The molecule has 0 aliphatic rings. The highest BCUT2D eigenvalue weighted by Gasteiger charge is 2.16. The van der Waals surface area contributed by atoms with Crippen molar-refractivity contribution in [3.8, 4) is 33.9 Å². The molecule has 0 fully saturated rings. The SMILES string of the molecule is CS(=O)(=O)c1ccc(-c2nc(-c3ccc(Cl)cc3)c(-c3ccc(F)cc3)[nH]2)cc1. The van der Waals surface area contributed by atoms with Gasteiger partial charge in [-0.25, -0.2) is 17.8 Å². The van der Waals surface area contributed by atoms with E-state index < -0.39 is 9.84 Å². The molecule has 1 aromatic heterocycles. The molecule has 4 rings (SSSR count). The van der Waals surface area contributed by atoms with E-state index in [0.29, 0.717) is 16.5 Å². The number of halogens is 2. The zero-order valence-corrected chi connectivity index (χ0v) is 16.9. The second-order valence-corrected chi connectivity index (χ2v) is 9.07. The number of aromatic nitrogens is 2. The van der Waals surface area contributed by atoms with Crippen LogP contribution in [-0.4, -0.2) is 24.6 Å². The Morgan fingerprint density at radius 3 is 1.97 bits per heavy atom. The Labute approximate surface area is 172 Å². The molecule has 4 aromatic rings. The molecule has 0 saturated heterocycles. The summed E-state index contributed by atoms with van der Waals surface area (Å²) < 4.78 is 36.8. The monoisotopic (exact) mass is 426 g/mol. The van der Waals surface area contributed by atoms with E-state index in [2.05, 4.69) is 4.98 Å². The highest BCUT2D eigenvalue weighted by Crippen LogP contribution is 2.33.